The Kier molecular flexibility index (Phi) is 3.40. The minimum absolute atomic E-state index is 0.0475. The van der Waals surface area contributed by atoms with Gasteiger partial charge in [-0.25, -0.2) is 0 Å². The second-order valence-corrected chi connectivity index (χ2v) is 7.20. The predicted octanol–water partition coefficient (Wildman–Crippen LogP) is 4.33. The van der Waals surface area contributed by atoms with Crippen LogP contribution in [0.15, 0.2) is 22.8 Å². The summed E-state index contributed by atoms with van der Waals surface area (Å²) in [6.45, 7) is 18.0. The average molecular weight is 236 g/mol. The van der Waals surface area contributed by atoms with Gasteiger partial charge in [0.2, 0.25) is 0 Å². The van der Waals surface area contributed by atoms with E-state index < -0.39 is 0 Å². The first-order chi connectivity index (χ1) is 7.47. The third-order valence-electron chi connectivity index (χ3n) is 4.77. The maximum Gasteiger partial charge on any atom is 0.0519 e. The molecule has 0 amide bonds. The largest absolute Gasteiger partial charge is 0.395 e. The molecular weight excluding hydrogens is 208 g/mol. The van der Waals surface area contributed by atoms with Crippen molar-refractivity contribution in [2.24, 2.45) is 16.2 Å². The molecule has 1 heteroatoms. The molecule has 0 bridgehead atoms. The summed E-state index contributed by atoms with van der Waals surface area (Å²) < 4.78 is 0. The molecular formula is C16H28O. The number of hydrogen-bond acceptors (Lipinski definition) is 1. The van der Waals surface area contributed by atoms with Crippen molar-refractivity contribution in [1.82, 2.24) is 0 Å². The Morgan fingerprint density at radius 1 is 1.06 bits per heavy atom. The fraction of sp³-hybridized carbons (Fsp3) is 0.750. The van der Waals surface area contributed by atoms with Crippen LogP contribution in [0.4, 0.5) is 0 Å². The van der Waals surface area contributed by atoms with Gasteiger partial charge in [-0.2, -0.15) is 0 Å². The molecule has 1 nitrogen and oxygen atoms in total. The summed E-state index contributed by atoms with van der Waals surface area (Å²) in [5.74, 6) is 0. The Balaban J connectivity index is 3.43. The molecule has 0 atom stereocenters. The van der Waals surface area contributed by atoms with Crippen molar-refractivity contribution < 1.29 is 5.11 Å². The quantitative estimate of drug-likeness (QED) is 0.707. The normalized spacial score (nSPS) is 23.7. The number of aliphatic hydroxyl groups is 1. The van der Waals surface area contributed by atoms with Gasteiger partial charge in [0.15, 0.2) is 0 Å². The van der Waals surface area contributed by atoms with Crippen LogP contribution in [0.5, 0.6) is 0 Å². The Bertz CT molecular complexity index is 378. The Morgan fingerprint density at radius 3 is 1.94 bits per heavy atom. The molecule has 0 heterocycles. The summed E-state index contributed by atoms with van der Waals surface area (Å²) in [6, 6.07) is 0. The molecule has 0 saturated heterocycles. The van der Waals surface area contributed by atoms with Gasteiger partial charge >= 0.3 is 0 Å². The smallest absolute Gasteiger partial charge is 0.0519 e. The van der Waals surface area contributed by atoms with Crippen LogP contribution < -0.4 is 0 Å². The first-order valence-electron chi connectivity index (χ1n) is 6.50. The highest BCUT2D eigenvalue weighted by Crippen LogP contribution is 2.52. The van der Waals surface area contributed by atoms with Crippen molar-refractivity contribution in [3.63, 3.8) is 0 Å². The van der Waals surface area contributed by atoms with Gasteiger partial charge in [0.05, 0.1) is 6.61 Å². The Labute approximate surface area is 107 Å². The lowest BCUT2D eigenvalue weighted by Gasteiger charge is -2.46. The third-order valence-corrected chi connectivity index (χ3v) is 4.77. The molecule has 0 aromatic heterocycles. The predicted molar refractivity (Wildman–Crippen MR) is 74.9 cm³/mol. The Morgan fingerprint density at radius 2 is 1.53 bits per heavy atom. The van der Waals surface area contributed by atoms with Crippen LogP contribution in [0, 0.1) is 16.2 Å². The molecule has 1 N–H and O–H groups in total. The molecule has 0 aromatic carbocycles. The zero-order valence-corrected chi connectivity index (χ0v) is 12.7. The number of hydrogen-bond donors (Lipinski definition) is 1. The van der Waals surface area contributed by atoms with Crippen molar-refractivity contribution in [1.29, 1.82) is 0 Å². The molecule has 0 saturated carbocycles. The molecule has 1 rings (SSSR count). The number of aliphatic hydroxyl groups excluding tert-OH is 1. The van der Waals surface area contributed by atoms with E-state index in [1.165, 1.54) is 16.7 Å². The first-order valence-corrected chi connectivity index (χ1v) is 6.50. The van der Waals surface area contributed by atoms with Crippen LogP contribution in [0.25, 0.3) is 0 Å². The van der Waals surface area contributed by atoms with E-state index in [1.54, 1.807) is 0 Å². The monoisotopic (exact) mass is 236 g/mol. The topological polar surface area (TPSA) is 20.2 Å². The molecule has 0 aliphatic heterocycles. The van der Waals surface area contributed by atoms with E-state index in [9.17, 15) is 5.11 Å². The third kappa shape index (κ3) is 2.22. The molecule has 0 aromatic rings. The minimum atomic E-state index is -0.150. The summed E-state index contributed by atoms with van der Waals surface area (Å²) in [5.41, 5.74) is 4.26. The maximum absolute atomic E-state index is 9.64. The highest BCUT2D eigenvalue weighted by atomic mass is 16.3. The summed E-state index contributed by atoms with van der Waals surface area (Å²) in [5, 5.41) is 9.64. The summed E-state index contributed by atoms with van der Waals surface area (Å²) in [4.78, 5) is 0. The molecule has 0 radical (unpaired) electrons. The van der Waals surface area contributed by atoms with Crippen molar-refractivity contribution in [3.05, 3.63) is 22.8 Å². The first kappa shape index (κ1) is 14.5. The number of allylic oxidation sites excluding steroid dienone is 3. The lowest BCUT2D eigenvalue weighted by Crippen LogP contribution is -2.36. The van der Waals surface area contributed by atoms with E-state index in [-0.39, 0.29) is 22.9 Å². The van der Waals surface area contributed by atoms with Gasteiger partial charge in [-0.1, -0.05) is 64.3 Å². The van der Waals surface area contributed by atoms with Gasteiger partial charge in [-0.15, -0.1) is 0 Å². The van der Waals surface area contributed by atoms with Crippen molar-refractivity contribution in [2.45, 2.75) is 55.4 Å². The van der Waals surface area contributed by atoms with E-state index in [1.807, 2.05) is 0 Å². The standard InChI is InChI=1S/C16H28O/c1-11-12(2)16(7,8)13(9-14(11,3)4)15(5,6)10-17/h9,17H,10H2,1-8H3. The second-order valence-electron chi connectivity index (χ2n) is 7.20. The van der Waals surface area contributed by atoms with Gasteiger partial charge < -0.3 is 5.11 Å². The van der Waals surface area contributed by atoms with Crippen LogP contribution in [-0.2, 0) is 0 Å². The van der Waals surface area contributed by atoms with E-state index in [4.69, 9.17) is 0 Å². The molecule has 1 aliphatic rings. The molecule has 0 fully saturated rings. The van der Waals surface area contributed by atoms with Crippen LogP contribution in [0.3, 0.4) is 0 Å². The van der Waals surface area contributed by atoms with Crippen molar-refractivity contribution in [3.8, 4) is 0 Å². The fourth-order valence-electron chi connectivity index (χ4n) is 2.93. The van der Waals surface area contributed by atoms with E-state index in [0.29, 0.717) is 0 Å². The van der Waals surface area contributed by atoms with Crippen molar-refractivity contribution >= 4 is 0 Å². The molecule has 0 spiro atoms. The molecule has 98 valence electrons. The zero-order chi connectivity index (χ0) is 13.6. The SMILES string of the molecule is CC1=C(C)C(C)(C)C(C(C)(C)CO)=CC1(C)C. The van der Waals surface area contributed by atoms with Gasteiger partial charge in [0.1, 0.15) is 0 Å². The van der Waals surface area contributed by atoms with Crippen LogP contribution in [0.2, 0.25) is 0 Å². The zero-order valence-electron chi connectivity index (χ0n) is 12.7. The highest BCUT2D eigenvalue weighted by Gasteiger charge is 2.41. The summed E-state index contributed by atoms with van der Waals surface area (Å²) in [6.07, 6.45) is 2.37. The lowest BCUT2D eigenvalue weighted by molar-refractivity contribution is 0.167. The van der Waals surface area contributed by atoms with Crippen LogP contribution in [0.1, 0.15) is 55.4 Å². The fourth-order valence-corrected chi connectivity index (χ4v) is 2.93. The van der Waals surface area contributed by atoms with Crippen LogP contribution in [-0.4, -0.2) is 11.7 Å². The van der Waals surface area contributed by atoms with E-state index in [0.717, 1.165) is 0 Å². The van der Waals surface area contributed by atoms with Crippen LogP contribution >= 0.6 is 0 Å². The van der Waals surface area contributed by atoms with Gasteiger partial charge in [0, 0.05) is 16.2 Å². The number of rotatable bonds is 2. The van der Waals surface area contributed by atoms with Gasteiger partial charge in [-0.05, 0) is 13.8 Å². The average Bonchev–Trinajstić information content (AvgIpc) is 2.21. The van der Waals surface area contributed by atoms with Gasteiger partial charge in [0.25, 0.3) is 0 Å². The molecule has 0 unspecified atom stereocenters. The summed E-state index contributed by atoms with van der Waals surface area (Å²) in [7, 11) is 0. The second kappa shape index (κ2) is 3.98. The molecule has 1 aliphatic carbocycles. The lowest BCUT2D eigenvalue weighted by atomic mass is 9.59. The van der Waals surface area contributed by atoms with Gasteiger partial charge in [-0.3, -0.25) is 0 Å². The Hall–Kier alpha value is -0.560. The highest BCUT2D eigenvalue weighted by molar-refractivity contribution is 5.42. The maximum atomic E-state index is 9.64. The summed E-state index contributed by atoms with van der Waals surface area (Å²) >= 11 is 0. The van der Waals surface area contributed by atoms with E-state index >= 15 is 0 Å². The van der Waals surface area contributed by atoms with E-state index in [2.05, 4.69) is 61.5 Å². The molecule has 17 heavy (non-hydrogen) atoms. The van der Waals surface area contributed by atoms with Crippen molar-refractivity contribution in [2.75, 3.05) is 6.61 Å². The minimum Gasteiger partial charge on any atom is -0.395 e.